The molecule has 1 saturated heterocycles. The number of ether oxygens (including phenoxy) is 1. The Hall–Kier alpha value is -2.95. The van der Waals surface area contributed by atoms with Crippen LogP contribution in [0.4, 0.5) is 0 Å². The van der Waals surface area contributed by atoms with Crippen molar-refractivity contribution >= 4 is 5.91 Å². The molecule has 0 spiro atoms. The predicted molar refractivity (Wildman–Crippen MR) is 128 cm³/mol. The first kappa shape index (κ1) is 22.3. The Morgan fingerprint density at radius 3 is 2.09 bits per heavy atom. The number of amides is 1. The molecule has 32 heavy (non-hydrogen) atoms. The molecule has 1 heterocycles. The molecule has 3 aromatic carbocycles. The van der Waals surface area contributed by atoms with Gasteiger partial charge in [-0.2, -0.15) is 0 Å². The largest absolute Gasteiger partial charge is 0.376 e. The average molecular weight is 429 g/mol. The number of hydrogen-bond donors (Lipinski definition) is 1. The number of nitrogens with zero attached hydrogens (tertiary/aromatic N) is 1. The summed E-state index contributed by atoms with van der Waals surface area (Å²) in [6.45, 7) is 6.31. The lowest BCUT2D eigenvalue weighted by molar-refractivity contribution is -0.136. The molecule has 0 aromatic heterocycles. The number of benzene rings is 3. The fourth-order valence-electron chi connectivity index (χ4n) is 4.47. The van der Waals surface area contributed by atoms with Crippen molar-refractivity contribution in [3.63, 3.8) is 0 Å². The van der Waals surface area contributed by atoms with Crippen molar-refractivity contribution in [3.05, 3.63) is 108 Å². The Bertz CT molecular complexity index is 937. The van der Waals surface area contributed by atoms with E-state index in [-0.39, 0.29) is 11.8 Å². The SMILES string of the molecule is CC(C(=O)N1CCNCC(COCc2ccccc2)C1)(c1ccccc1)c1ccccc1. The molecule has 1 aliphatic heterocycles. The van der Waals surface area contributed by atoms with Crippen molar-refractivity contribution in [1.29, 1.82) is 0 Å². The first-order valence-electron chi connectivity index (χ1n) is 11.4. The Morgan fingerprint density at radius 2 is 1.50 bits per heavy atom. The molecule has 1 N–H and O–H groups in total. The van der Waals surface area contributed by atoms with Crippen molar-refractivity contribution < 1.29 is 9.53 Å². The second-order valence-corrected chi connectivity index (χ2v) is 8.68. The summed E-state index contributed by atoms with van der Waals surface area (Å²) in [5.41, 5.74) is 2.47. The monoisotopic (exact) mass is 428 g/mol. The van der Waals surface area contributed by atoms with Crippen molar-refractivity contribution in [2.45, 2.75) is 18.9 Å². The minimum absolute atomic E-state index is 0.145. The molecule has 1 aliphatic rings. The van der Waals surface area contributed by atoms with Crippen molar-refractivity contribution in [1.82, 2.24) is 10.2 Å². The van der Waals surface area contributed by atoms with Crippen LogP contribution in [-0.4, -0.2) is 43.6 Å². The van der Waals surface area contributed by atoms with Gasteiger partial charge in [0.05, 0.1) is 18.6 Å². The molecule has 3 aromatic rings. The Kier molecular flexibility index (Phi) is 7.35. The molecule has 166 valence electrons. The van der Waals surface area contributed by atoms with Gasteiger partial charge >= 0.3 is 0 Å². The average Bonchev–Trinajstić information content (AvgIpc) is 3.10. The maximum absolute atomic E-state index is 14.1. The molecule has 0 bridgehead atoms. The lowest BCUT2D eigenvalue weighted by Gasteiger charge is -2.36. The van der Waals surface area contributed by atoms with Gasteiger partial charge in [0.15, 0.2) is 0 Å². The van der Waals surface area contributed by atoms with Crippen LogP contribution in [0.15, 0.2) is 91.0 Å². The van der Waals surface area contributed by atoms with Crippen LogP contribution in [-0.2, 0) is 21.6 Å². The topological polar surface area (TPSA) is 41.6 Å². The lowest BCUT2D eigenvalue weighted by Crippen LogP contribution is -2.48. The number of rotatable bonds is 7. The predicted octanol–water partition coefficient (Wildman–Crippen LogP) is 4.26. The Balaban J connectivity index is 1.51. The molecule has 0 saturated carbocycles. The molecule has 1 unspecified atom stereocenters. The van der Waals surface area contributed by atoms with Gasteiger partial charge in [-0.1, -0.05) is 91.0 Å². The second-order valence-electron chi connectivity index (χ2n) is 8.68. The van der Waals surface area contributed by atoms with E-state index in [0.717, 1.165) is 24.2 Å². The summed E-state index contributed by atoms with van der Waals surface area (Å²) in [6, 6.07) is 30.5. The third-order valence-corrected chi connectivity index (χ3v) is 6.35. The van der Waals surface area contributed by atoms with Gasteiger partial charge in [-0.05, 0) is 23.6 Å². The molecular formula is C28H32N2O2. The van der Waals surface area contributed by atoms with E-state index in [1.807, 2.05) is 59.5 Å². The van der Waals surface area contributed by atoms with E-state index in [0.29, 0.717) is 26.3 Å². The first-order valence-corrected chi connectivity index (χ1v) is 11.4. The Morgan fingerprint density at radius 1 is 0.938 bits per heavy atom. The molecule has 4 nitrogen and oxygen atoms in total. The highest BCUT2D eigenvalue weighted by Crippen LogP contribution is 2.34. The summed E-state index contributed by atoms with van der Waals surface area (Å²) in [4.78, 5) is 16.1. The molecular weight excluding hydrogens is 396 g/mol. The van der Waals surface area contributed by atoms with E-state index in [4.69, 9.17) is 4.74 Å². The fourth-order valence-corrected chi connectivity index (χ4v) is 4.47. The number of carbonyl (C=O) groups is 1. The third kappa shape index (κ3) is 5.09. The number of hydrogen-bond acceptors (Lipinski definition) is 3. The van der Waals surface area contributed by atoms with E-state index in [9.17, 15) is 4.79 Å². The van der Waals surface area contributed by atoms with Gasteiger partial charge in [-0.3, -0.25) is 4.79 Å². The first-order chi connectivity index (χ1) is 15.7. The van der Waals surface area contributed by atoms with E-state index < -0.39 is 5.41 Å². The van der Waals surface area contributed by atoms with Gasteiger partial charge in [0, 0.05) is 32.1 Å². The highest BCUT2D eigenvalue weighted by Gasteiger charge is 2.40. The molecule has 0 radical (unpaired) electrons. The summed E-state index contributed by atoms with van der Waals surface area (Å²) in [5.74, 6) is 0.396. The van der Waals surface area contributed by atoms with Crippen molar-refractivity contribution in [2.24, 2.45) is 5.92 Å². The standard InChI is InChI=1S/C28H32N2O2/c1-28(25-13-7-3-8-14-25,26-15-9-4-10-16-26)27(31)30-18-17-29-19-24(20-30)22-32-21-23-11-5-2-6-12-23/h2-16,24,29H,17-22H2,1H3. The van der Waals surface area contributed by atoms with Gasteiger partial charge in [0.2, 0.25) is 5.91 Å². The summed E-state index contributed by atoms with van der Waals surface area (Å²) in [5, 5.41) is 3.49. The van der Waals surface area contributed by atoms with E-state index in [2.05, 4.69) is 48.6 Å². The minimum atomic E-state index is -0.734. The van der Waals surface area contributed by atoms with Gasteiger partial charge in [-0.25, -0.2) is 0 Å². The number of carbonyl (C=O) groups excluding carboxylic acids is 1. The summed E-state index contributed by atoms with van der Waals surface area (Å²) < 4.78 is 6.02. The molecule has 4 rings (SSSR count). The molecule has 0 aliphatic carbocycles. The third-order valence-electron chi connectivity index (χ3n) is 6.35. The van der Waals surface area contributed by atoms with E-state index >= 15 is 0 Å². The van der Waals surface area contributed by atoms with Crippen LogP contribution in [0.5, 0.6) is 0 Å². The van der Waals surface area contributed by atoms with Crippen molar-refractivity contribution in [2.75, 3.05) is 32.8 Å². The lowest BCUT2D eigenvalue weighted by atomic mass is 9.75. The van der Waals surface area contributed by atoms with Crippen LogP contribution in [0.2, 0.25) is 0 Å². The quantitative estimate of drug-likeness (QED) is 0.612. The zero-order valence-corrected chi connectivity index (χ0v) is 18.7. The summed E-state index contributed by atoms with van der Waals surface area (Å²) >= 11 is 0. The van der Waals surface area contributed by atoms with Gasteiger partial charge in [0.1, 0.15) is 0 Å². The maximum Gasteiger partial charge on any atom is 0.237 e. The van der Waals surface area contributed by atoms with Crippen LogP contribution in [0, 0.1) is 5.92 Å². The highest BCUT2D eigenvalue weighted by molar-refractivity contribution is 5.91. The van der Waals surface area contributed by atoms with Crippen LogP contribution in [0.25, 0.3) is 0 Å². The second kappa shape index (κ2) is 10.6. The van der Waals surface area contributed by atoms with Crippen LogP contribution in [0.3, 0.4) is 0 Å². The number of nitrogens with one attached hydrogen (secondary N) is 1. The summed E-state index contributed by atoms with van der Waals surface area (Å²) in [6.07, 6.45) is 0. The van der Waals surface area contributed by atoms with Gasteiger partial charge < -0.3 is 15.0 Å². The molecule has 1 fully saturated rings. The van der Waals surface area contributed by atoms with Crippen LogP contribution in [0.1, 0.15) is 23.6 Å². The maximum atomic E-state index is 14.1. The van der Waals surface area contributed by atoms with Crippen LogP contribution < -0.4 is 5.32 Å². The van der Waals surface area contributed by atoms with E-state index in [1.165, 1.54) is 5.56 Å². The summed E-state index contributed by atoms with van der Waals surface area (Å²) in [7, 11) is 0. The normalized spacial score (nSPS) is 17.0. The highest BCUT2D eigenvalue weighted by atomic mass is 16.5. The van der Waals surface area contributed by atoms with Crippen molar-refractivity contribution in [3.8, 4) is 0 Å². The molecule has 1 amide bonds. The smallest absolute Gasteiger partial charge is 0.237 e. The van der Waals surface area contributed by atoms with E-state index in [1.54, 1.807) is 0 Å². The molecule has 4 heteroatoms. The minimum Gasteiger partial charge on any atom is -0.376 e. The Labute approximate surface area is 191 Å². The van der Waals surface area contributed by atoms with Gasteiger partial charge in [-0.15, -0.1) is 0 Å². The molecule has 1 atom stereocenters. The fraction of sp³-hybridized carbons (Fsp3) is 0.321. The van der Waals surface area contributed by atoms with Crippen LogP contribution >= 0.6 is 0 Å². The zero-order chi connectivity index (χ0) is 22.2. The van der Waals surface area contributed by atoms with Gasteiger partial charge in [0.25, 0.3) is 0 Å². The zero-order valence-electron chi connectivity index (χ0n) is 18.7.